The van der Waals surface area contributed by atoms with Crippen LogP contribution in [-0.2, 0) is 0 Å². The van der Waals surface area contributed by atoms with Crippen molar-refractivity contribution in [3.8, 4) is 11.8 Å². The number of nitrogens with zero attached hydrogens (tertiary/aromatic N) is 2. The molecule has 0 unspecified atom stereocenters. The molecule has 1 aromatic heterocycles. The number of benzene rings is 1. The molecule has 0 atom stereocenters. The molecule has 0 bridgehead atoms. The first-order valence-electron chi connectivity index (χ1n) is 4.50. The van der Waals surface area contributed by atoms with E-state index in [4.69, 9.17) is 5.26 Å². The van der Waals surface area contributed by atoms with Gasteiger partial charge in [0.05, 0.1) is 11.3 Å². The lowest BCUT2D eigenvalue weighted by Crippen LogP contribution is -2.16. The molecule has 0 amide bonds. The highest BCUT2D eigenvalue weighted by Gasteiger charge is 2.08. The highest BCUT2D eigenvalue weighted by molar-refractivity contribution is 5.49. The quantitative estimate of drug-likeness (QED) is 0.753. The zero-order valence-electron chi connectivity index (χ0n) is 8.19. The van der Waals surface area contributed by atoms with Crippen LogP contribution in [-0.4, -0.2) is 9.55 Å². The Labute approximate surface area is 86.4 Å². The molecule has 0 saturated heterocycles. The third kappa shape index (κ3) is 1.44. The van der Waals surface area contributed by atoms with Crippen LogP contribution in [0.4, 0.5) is 0 Å². The third-order valence-electron chi connectivity index (χ3n) is 2.23. The number of rotatable bonds is 1. The molecule has 4 nitrogen and oxygen atoms in total. The van der Waals surface area contributed by atoms with E-state index < -0.39 is 0 Å². The first-order chi connectivity index (χ1) is 7.24. The molecule has 0 radical (unpaired) electrons. The van der Waals surface area contributed by atoms with E-state index in [2.05, 4.69) is 11.1 Å². The molecule has 0 aliphatic carbocycles. The molecule has 74 valence electrons. The molecule has 0 saturated carbocycles. The number of hydrogen-bond donors (Lipinski definition) is 1. The van der Waals surface area contributed by atoms with E-state index in [1.807, 2.05) is 6.92 Å². The molecular formula is C11H9N3O. The maximum atomic E-state index is 11.5. The van der Waals surface area contributed by atoms with Crippen LogP contribution >= 0.6 is 0 Å². The molecule has 2 aromatic rings. The van der Waals surface area contributed by atoms with E-state index in [0.717, 1.165) is 5.69 Å². The second kappa shape index (κ2) is 3.46. The SMILES string of the molecule is Cc1c[nH]c(=O)n1-c1ccccc1C#N. The van der Waals surface area contributed by atoms with Crippen LogP contribution in [0.2, 0.25) is 0 Å². The number of nitriles is 1. The molecule has 2 rings (SSSR count). The maximum Gasteiger partial charge on any atom is 0.330 e. The Balaban J connectivity index is 2.76. The zero-order chi connectivity index (χ0) is 10.8. The normalized spacial score (nSPS) is 9.87. The van der Waals surface area contributed by atoms with Crippen molar-refractivity contribution in [2.45, 2.75) is 6.92 Å². The van der Waals surface area contributed by atoms with E-state index in [-0.39, 0.29) is 5.69 Å². The van der Waals surface area contributed by atoms with Crippen molar-refractivity contribution in [1.29, 1.82) is 5.26 Å². The summed E-state index contributed by atoms with van der Waals surface area (Å²) >= 11 is 0. The van der Waals surface area contributed by atoms with Crippen molar-refractivity contribution in [1.82, 2.24) is 9.55 Å². The highest BCUT2D eigenvalue weighted by atomic mass is 16.1. The van der Waals surface area contributed by atoms with Gasteiger partial charge in [0.15, 0.2) is 0 Å². The van der Waals surface area contributed by atoms with Gasteiger partial charge in [-0.15, -0.1) is 0 Å². The van der Waals surface area contributed by atoms with E-state index in [0.29, 0.717) is 11.3 Å². The van der Waals surface area contributed by atoms with Crippen LogP contribution in [0.3, 0.4) is 0 Å². The van der Waals surface area contributed by atoms with E-state index in [1.165, 1.54) is 4.57 Å². The summed E-state index contributed by atoms with van der Waals surface area (Å²) in [6, 6.07) is 9.08. The third-order valence-corrected chi connectivity index (χ3v) is 2.23. The fourth-order valence-corrected chi connectivity index (χ4v) is 1.52. The second-order valence-electron chi connectivity index (χ2n) is 3.20. The molecule has 1 N–H and O–H groups in total. The van der Waals surface area contributed by atoms with Crippen LogP contribution in [0.25, 0.3) is 5.69 Å². The summed E-state index contributed by atoms with van der Waals surface area (Å²) in [5.74, 6) is 0. The van der Waals surface area contributed by atoms with Crippen molar-refractivity contribution in [3.63, 3.8) is 0 Å². The Morgan fingerprint density at radius 3 is 2.73 bits per heavy atom. The van der Waals surface area contributed by atoms with Gasteiger partial charge in [0.2, 0.25) is 0 Å². The molecule has 0 fully saturated rings. The fourth-order valence-electron chi connectivity index (χ4n) is 1.52. The van der Waals surface area contributed by atoms with Crippen molar-refractivity contribution in [2.24, 2.45) is 0 Å². The fraction of sp³-hybridized carbons (Fsp3) is 0.0909. The van der Waals surface area contributed by atoms with Gasteiger partial charge in [0.1, 0.15) is 6.07 Å². The van der Waals surface area contributed by atoms with Gasteiger partial charge in [-0.3, -0.25) is 4.57 Å². The Kier molecular flexibility index (Phi) is 2.14. The average Bonchev–Trinajstić information content (AvgIpc) is 2.59. The van der Waals surface area contributed by atoms with Gasteiger partial charge in [-0.1, -0.05) is 12.1 Å². The van der Waals surface area contributed by atoms with Gasteiger partial charge in [-0.25, -0.2) is 4.79 Å². The van der Waals surface area contributed by atoms with E-state index >= 15 is 0 Å². The largest absolute Gasteiger partial charge is 0.330 e. The predicted molar refractivity (Wildman–Crippen MR) is 55.8 cm³/mol. The van der Waals surface area contributed by atoms with Gasteiger partial charge in [0, 0.05) is 11.9 Å². The minimum atomic E-state index is -0.227. The zero-order valence-corrected chi connectivity index (χ0v) is 8.19. The summed E-state index contributed by atoms with van der Waals surface area (Å²) in [6.45, 7) is 1.81. The van der Waals surface area contributed by atoms with Crippen molar-refractivity contribution >= 4 is 0 Å². The minimum Gasteiger partial charge on any atom is -0.312 e. The average molecular weight is 199 g/mol. The molecule has 15 heavy (non-hydrogen) atoms. The van der Waals surface area contributed by atoms with Crippen LogP contribution < -0.4 is 5.69 Å². The Bertz CT molecular complexity index is 586. The number of hydrogen-bond acceptors (Lipinski definition) is 2. The molecular weight excluding hydrogens is 190 g/mol. The van der Waals surface area contributed by atoms with Gasteiger partial charge in [0.25, 0.3) is 0 Å². The Hall–Kier alpha value is -2.28. The van der Waals surface area contributed by atoms with Crippen molar-refractivity contribution in [3.05, 3.63) is 52.2 Å². The topological polar surface area (TPSA) is 61.6 Å². The van der Waals surface area contributed by atoms with E-state index in [9.17, 15) is 4.79 Å². The Morgan fingerprint density at radius 1 is 1.40 bits per heavy atom. The molecule has 0 aliphatic rings. The summed E-state index contributed by atoms with van der Waals surface area (Å²) in [6.07, 6.45) is 1.62. The number of H-pyrrole nitrogens is 1. The first-order valence-corrected chi connectivity index (χ1v) is 4.50. The summed E-state index contributed by atoms with van der Waals surface area (Å²) in [4.78, 5) is 14.1. The lowest BCUT2D eigenvalue weighted by Gasteiger charge is -2.05. The first kappa shape index (κ1) is 9.28. The van der Waals surface area contributed by atoms with Crippen molar-refractivity contribution in [2.75, 3.05) is 0 Å². The molecule has 4 heteroatoms. The summed E-state index contributed by atoms with van der Waals surface area (Å²) in [7, 11) is 0. The summed E-state index contributed by atoms with van der Waals surface area (Å²) in [5.41, 5.74) is 1.66. The van der Waals surface area contributed by atoms with Gasteiger partial charge in [-0.2, -0.15) is 5.26 Å². The highest BCUT2D eigenvalue weighted by Crippen LogP contribution is 2.12. The van der Waals surface area contributed by atoms with Gasteiger partial charge < -0.3 is 4.98 Å². The minimum absolute atomic E-state index is 0.227. The number of para-hydroxylation sites is 1. The molecule has 1 aromatic carbocycles. The number of aromatic nitrogens is 2. The number of aryl methyl sites for hydroxylation is 1. The van der Waals surface area contributed by atoms with Crippen LogP contribution in [0.1, 0.15) is 11.3 Å². The smallest absolute Gasteiger partial charge is 0.312 e. The second-order valence-corrected chi connectivity index (χ2v) is 3.20. The number of aromatic amines is 1. The maximum absolute atomic E-state index is 11.5. The van der Waals surface area contributed by atoms with Gasteiger partial charge >= 0.3 is 5.69 Å². The molecule has 0 spiro atoms. The molecule has 1 heterocycles. The number of imidazole rings is 1. The predicted octanol–water partition coefficient (Wildman–Crippen LogP) is 1.35. The number of nitrogens with one attached hydrogen (secondary N) is 1. The monoisotopic (exact) mass is 199 g/mol. The van der Waals surface area contributed by atoms with Crippen LogP contribution in [0.15, 0.2) is 35.3 Å². The van der Waals surface area contributed by atoms with Crippen LogP contribution in [0.5, 0.6) is 0 Å². The van der Waals surface area contributed by atoms with Crippen LogP contribution in [0, 0.1) is 18.3 Å². The van der Waals surface area contributed by atoms with Crippen molar-refractivity contribution < 1.29 is 0 Å². The summed E-state index contributed by atoms with van der Waals surface area (Å²) < 4.78 is 1.48. The molecule has 0 aliphatic heterocycles. The lowest BCUT2D eigenvalue weighted by atomic mass is 10.2. The summed E-state index contributed by atoms with van der Waals surface area (Å²) in [5, 5.41) is 8.92. The Morgan fingerprint density at radius 2 is 2.13 bits per heavy atom. The standard InChI is InChI=1S/C11H9N3O/c1-8-7-13-11(15)14(8)10-5-3-2-4-9(10)6-12/h2-5,7H,1H3,(H,13,15). The lowest BCUT2D eigenvalue weighted by molar-refractivity contribution is 0.945. The van der Waals surface area contributed by atoms with Gasteiger partial charge in [-0.05, 0) is 19.1 Å². The van der Waals surface area contributed by atoms with E-state index in [1.54, 1.807) is 30.5 Å².